The number of rotatable bonds is 5. The third-order valence-electron chi connectivity index (χ3n) is 5.98. The molecular formula is C27H22N4. The maximum atomic E-state index is 4.96. The van der Waals surface area contributed by atoms with Crippen LogP contribution in [0.3, 0.4) is 0 Å². The molecule has 0 saturated heterocycles. The number of aryl methyl sites for hydroxylation is 2. The second-order valence-electron chi connectivity index (χ2n) is 7.93. The lowest BCUT2D eigenvalue weighted by Gasteiger charge is -2.11. The van der Waals surface area contributed by atoms with Crippen LogP contribution in [-0.4, -0.2) is 19.5 Å². The maximum Gasteiger partial charge on any atom is 0.117 e. The highest BCUT2D eigenvalue weighted by molar-refractivity contribution is 5.85. The average molecular weight is 403 g/mol. The molecule has 6 aromatic rings. The lowest BCUT2D eigenvalue weighted by molar-refractivity contribution is 0.676. The van der Waals surface area contributed by atoms with Gasteiger partial charge in [0.1, 0.15) is 11.6 Å². The van der Waals surface area contributed by atoms with E-state index in [1.165, 1.54) is 21.9 Å². The van der Waals surface area contributed by atoms with Crippen LogP contribution in [0.15, 0.2) is 91.0 Å². The second-order valence-corrected chi connectivity index (χ2v) is 7.93. The zero-order chi connectivity index (χ0) is 20.6. The standard InChI is InChI=1S/C27H22N4/c1-2-11-21-19(8-1)9-7-10-20(21)16-17-31-25-15-6-5-14-24(25)30-27(31)18-26-28-22-12-3-4-13-23(22)29-26/h1-15H,16-18H2,(H,28,29). The number of para-hydroxylation sites is 4. The number of nitrogens with zero attached hydrogens (tertiary/aromatic N) is 3. The number of aromatic amines is 1. The van der Waals surface area contributed by atoms with Gasteiger partial charge in [-0.25, -0.2) is 9.97 Å². The summed E-state index contributed by atoms with van der Waals surface area (Å²) in [6.07, 6.45) is 1.63. The van der Waals surface area contributed by atoms with Crippen molar-refractivity contribution in [1.29, 1.82) is 0 Å². The van der Waals surface area contributed by atoms with Crippen molar-refractivity contribution in [1.82, 2.24) is 19.5 Å². The van der Waals surface area contributed by atoms with Gasteiger partial charge in [0.15, 0.2) is 0 Å². The van der Waals surface area contributed by atoms with Gasteiger partial charge in [-0.15, -0.1) is 0 Å². The third-order valence-corrected chi connectivity index (χ3v) is 5.98. The molecule has 0 spiro atoms. The van der Waals surface area contributed by atoms with Crippen molar-refractivity contribution in [3.05, 3.63) is 108 Å². The molecule has 31 heavy (non-hydrogen) atoms. The van der Waals surface area contributed by atoms with Crippen molar-refractivity contribution in [2.45, 2.75) is 19.4 Å². The molecule has 0 bridgehead atoms. The molecule has 0 aliphatic heterocycles. The van der Waals surface area contributed by atoms with E-state index in [1.54, 1.807) is 0 Å². The van der Waals surface area contributed by atoms with Gasteiger partial charge >= 0.3 is 0 Å². The van der Waals surface area contributed by atoms with E-state index in [9.17, 15) is 0 Å². The fraction of sp³-hybridized carbons (Fsp3) is 0.111. The van der Waals surface area contributed by atoms with Crippen LogP contribution in [0.25, 0.3) is 32.8 Å². The summed E-state index contributed by atoms with van der Waals surface area (Å²) in [6.45, 7) is 0.879. The average Bonchev–Trinajstić information content (AvgIpc) is 3.38. The molecule has 0 aliphatic carbocycles. The monoisotopic (exact) mass is 402 g/mol. The van der Waals surface area contributed by atoms with Gasteiger partial charge in [-0.2, -0.15) is 0 Å². The molecule has 4 heteroatoms. The Morgan fingerprint density at radius 3 is 2.42 bits per heavy atom. The summed E-state index contributed by atoms with van der Waals surface area (Å²) in [6, 6.07) is 31.7. The van der Waals surface area contributed by atoms with Gasteiger partial charge in [0.25, 0.3) is 0 Å². The highest BCUT2D eigenvalue weighted by Crippen LogP contribution is 2.23. The Kier molecular flexibility index (Phi) is 4.27. The minimum Gasteiger partial charge on any atom is -0.342 e. The Bertz CT molecular complexity index is 1480. The third kappa shape index (κ3) is 3.26. The molecule has 2 aromatic heterocycles. The summed E-state index contributed by atoms with van der Waals surface area (Å²) in [5.74, 6) is 1.99. The summed E-state index contributed by atoms with van der Waals surface area (Å²) in [5.41, 5.74) is 5.64. The minimum atomic E-state index is 0.679. The first-order valence-electron chi connectivity index (χ1n) is 10.7. The van der Waals surface area contributed by atoms with E-state index in [2.05, 4.69) is 82.3 Å². The number of nitrogens with one attached hydrogen (secondary N) is 1. The summed E-state index contributed by atoms with van der Waals surface area (Å²) < 4.78 is 2.35. The Morgan fingerprint density at radius 1 is 0.710 bits per heavy atom. The Hall–Kier alpha value is -3.92. The van der Waals surface area contributed by atoms with E-state index in [-0.39, 0.29) is 0 Å². The van der Waals surface area contributed by atoms with E-state index in [0.29, 0.717) is 6.42 Å². The summed E-state index contributed by atoms with van der Waals surface area (Å²) in [4.78, 5) is 13.2. The molecule has 0 unspecified atom stereocenters. The molecule has 0 aliphatic rings. The first-order valence-corrected chi connectivity index (χ1v) is 10.7. The quantitative estimate of drug-likeness (QED) is 0.390. The fourth-order valence-electron chi connectivity index (χ4n) is 4.49. The van der Waals surface area contributed by atoms with E-state index in [0.717, 1.165) is 41.2 Å². The van der Waals surface area contributed by atoms with Crippen LogP contribution >= 0.6 is 0 Å². The molecule has 1 N–H and O–H groups in total. The summed E-state index contributed by atoms with van der Waals surface area (Å²) in [5, 5.41) is 2.62. The molecule has 0 radical (unpaired) electrons. The zero-order valence-electron chi connectivity index (χ0n) is 17.1. The molecule has 2 heterocycles. The number of hydrogen-bond donors (Lipinski definition) is 1. The topological polar surface area (TPSA) is 46.5 Å². The largest absolute Gasteiger partial charge is 0.342 e. The highest BCUT2D eigenvalue weighted by Gasteiger charge is 2.14. The van der Waals surface area contributed by atoms with Crippen molar-refractivity contribution in [2.75, 3.05) is 0 Å². The van der Waals surface area contributed by atoms with E-state index in [1.807, 2.05) is 18.2 Å². The summed E-state index contributed by atoms with van der Waals surface area (Å²) in [7, 11) is 0. The molecular weight excluding hydrogens is 380 g/mol. The first kappa shape index (κ1) is 17.9. The molecule has 0 amide bonds. The number of hydrogen-bond acceptors (Lipinski definition) is 2. The van der Waals surface area contributed by atoms with Crippen LogP contribution in [-0.2, 0) is 19.4 Å². The van der Waals surface area contributed by atoms with Crippen molar-refractivity contribution in [2.24, 2.45) is 0 Å². The normalized spacial score (nSPS) is 11.6. The molecule has 4 nitrogen and oxygen atoms in total. The predicted octanol–water partition coefficient (Wildman–Crippen LogP) is 5.90. The molecule has 0 saturated carbocycles. The lowest BCUT2D eigenvalue weighted by atomic mass is 10.0. The van der Waals surface area contributed by atoms with E-state index < -0.39 is 0 Å². The van der Waals surface area contributed by atoms with E-state index >= 15 is 0 Å². The van der Waals surface area contributed by atoms with Gasteiger partial charge in [0.05, 0.1) is 28.5 Å². The molecule has 0 fully saturated rings. The van der Waals surface area contributed by atoms with Crippen molar-refractivity contribution >= 4 is 32.8 Å². The number of H-pyrrole nitrogens is 1. The van der Waals surface area contributed by atoms with Gasteiger partial charge in [-0.1, -0.05) is 66.7 Å². The van der Waals surface area contributed by atoms with Gasteiger partial charge in [-0.3, -0.25) is 0 Å². The van der Waals surface area contributed by atoms with Gasteiger partial charge in [0, 0.05) is 6.54 Å². The molecule has 0 atom stereocenters. The first-order chi connectivity index (χ1) is 15.3. The van der Waals surface area contributed by atoms with Crippen LogP contribution in [0.5, 0.6) is 0 Å². The number of imidazole rings is 2. The molecule has 6 rings (SSSR count). The van der Waals surface area contributed by atoms with Gasteiger partial charge < -0.3 is 9.55 Å². The Morgan fingerprint density at radius 2 is 1.48 bits per heavy atom. The van der Waals surface area contributed by atoms with Crippen molar-refractivity contribution in [3.8, 4) is 0 Å². The smallest absolute Gasteiger partial charge is 0.117 e. The molecule has 150 valence electrons. The van der Waals surface area contributed by atoms with Crippen LogP contribution < -0.4 is 0 Å². The van der Waals surface area contributed by atoms with Crippen molar-refractivity contribution < 1.29 is 0 Å². The summed E-state index contributed by atoms with van der Waals surface area (Å²) >= 11 is 0. The van der Waals surface area contributed by atoms with Gasteiger partial charge in [0.2, 0.25) is 0 Å². The fourth-order valence-corrected chi connectivity index (χ4v) is 4.49. The minimum absolute atomic E-state index is 0.679. The van der Waals surface area contributed by atoms with Crippen molar-refractivity contribution in [3.63, 3.8) is 0 Å². The second kappa shape index (κ2) is 7.40. The highest BCUT2D eigenvalue weighted by atomic mass is 15.1. The number of aromatic nitrogens is 4. The number of fused-ring (bicyclic) bond motifs is 3. The SMILES string of the molecule is c1ccc2c(CCn3c(Cc4nc5ccccc5[nH]4)nc4ccccc43)cccc2c1. The Balaban J connectivity index is 1.37. The lowest BCUT2D eigenvalue weighted by Crippen LogP contribution is -2.08. The van der Waals surface area contributed by atoms with Gasteiger partial charge in [-0.05, 0) is 47.0 Å². The maximum absolute atomic E-state index is 4.96. The van der Waals surface area contributed by atoms with Crippen LogP contribution in [0, 0.1) is 0 Å². The Labute approximate surface area is 180 Å². The predicted molar refractivity (Wildman–Crippen MR) is 126 cm³/mol. The van der Waals surface area contributed by atoms with E-state index in [4.69, 9.17) is 9.97 Å². The zero-order valence-corrected chi connectivity index (χ0v) is 17.1. The van der Waals surface area contributed by atoms with Crippen LogP contribution in [0.1, 0.15) is 17.2 Å². The molecule has 4 aromatic carbocycles. The van der Waals surface area contributed by atoms with Crippen LogP contribution in [0.2, 0.25) is 0 Å². The number of benzene rings is 4. The van der Waals surface area contributed by atoms with Crippen LogP contribution in [0.4, 0.5) is 0 Å².